The molecule has 0 saturated carbocycles. The quantitative estimate of drug-likeness (QED) is 0.766. The molecule has 2 aromatic rings. The van der Waals surface area contributed by atoms with Crippen LogP contribution in [0.2, 0.25) is 0 Å². The van der Waals surface area contributed by atoms with Gasteiger partial charge in [0.25, 0.3) is 5.24 Å². The number of methoxy groups -OCH3 is 1. The van der Waals surface area contributed by atoms with E-state index in [1.165, 1.54) is 31.4 Å². The van der Waals surface area contributed by atoms with E-state index in [1.54, 1.807) is 24.3 Å². The van der Waals surface area contributed by atoms with Crippen LogP contribution in [0.3, 0.4) is 0 Å². The smallest absolute Gasteiger partial charge is 0.335 e. The molecule has 9 heteroatoms. The molecule has 8 nitrogen and oxygen atoms in total. The highest BCUT2D eigenvalue weighted by Crippen LogP contribution is 2.37. The molecule has 0 bridgehead atoms. The minimum Gasteiger partial charge on any atom is -0.495 e. The minimum atomic E-state index is -1.07. The van der Waals surface area contributed by atoms with E-state index in [4.69, 9.17) is 9.84 Å². The third-order valence-corrected chi connectivity index (χ3v) is 5.07. The number of carboxylic acid groups (broad SMARTS) is 1. The van der Waals surface area contributed by atoms with Gasteiger partial charge < -0.3 is 15.2 Å². The number of rotatable bonds is 6. The molecule has 1 unspecified atom stereocenters. The van der Waals surface area contributed by atoms with Crippen LogP contribution in [0.4, 0.5) is 16.2 Å². The van der Waals surface area contributed by atoms with Gasteiger partial charge in [-0.3, -0.25) is 14.4 Å². The predicted molar refractivity (Wildman–Crippen MR) is 104 cm³/mol. The molecule has 1 fully saturated rings. The summed E-state index contributed by atoms with van der Waals surface area (Å²) in [5.41, 5.74) is 0.829. The summed E-state index contributed by atoms with van der Waals surface area (Å²) < 4.78 is 5.20. The van der Waals surface area contributed by atoms with Crippen molar-refractivity contribution in [3.05, 3.63) is 54.1 Å². The van der Waals surface area contributed by atoms with Crippen molar-refractivity contribution in [2.75, 3.05) is 17.3 Å². The Balaban J connectivity index is 1.68. The van der Waals surface area contributed by atoms with Crippen molar-refractivity contribution >= 4 is 46.2 Å². The highest BCUT2D eigenvalue weighted by atomic mass is 32.2. The van der Waals surface area contributed by atoms with Gasteiger partial charge in [-0.05, 0) is 48.2 Å². The Hall–Kier alpha value is -3.33. The fourth-order valence-electron chi connectivity index (χ4n) is 2.70. The highest BCUT2D eigenvalue weighted by Gasteiger charge is 2.42. The third kappa shape index (κ3) is 3.99. The fourth-order valence-corrected chi connectivity index (χ4v) is 3.67. The molecule has 1 saturated heterocycles. The van der Waals surface area contributed by atoms with Crippen LogP contribution in [-0.4, -0.2) is 40.5 Å². The number of hydrogen-bond donors (Lipinski definition) is 2. The number of ether oxygens (including phenoxy) is 1. The van der Waals surface area contributed by atoms with Crippen LogP contribution in [0.1, 0.15) is 16.8 Å². The van der Waals surface area contributed by atoms with Gasteiger partial charge >= 0.3 is 5.97 Å². The first-order valence-electron chi connectivity index (χ1n) is 8.21. The highest BCUT2D eigenvalue weighted by molar-refractivity contribution is 8.15. The second-order valence-electron chi connectivity index (χ2n) is 5.85. The molecular formula is C19H16N2O6S. The maximum Gasteiger partial charge on any atom is 0.335 e. The molecule has 144 valence electrons. The number of anilines is 2. The number of carbonyl (C=O) groups excluding carboxylic acids is 3. The van der Waals surface area contributed by atoms with E-state index in [9.17, 15) is 19.2 Å². The maximum atomic E-state index is 12.7. The van der Waals surface area contributed by atoms with Crippen LogP contribution < -0.4 is 15.0 Å². The number of carboxylic acids is 1. The molecule has 2 aromatic carbocycles. The van der Waals surface area contributed by atoms with E-state index < -0.39 is 28.3 Å². The van der Waals surface area contributed by atoms with Crippen molar-refractivity contribution in [3.8, 4) is 5.75 Å². The van der Waals surface area contributed by atoms with Crippen LogP contribution in [0.5, 0.6) is 5.75 Å². The predicted octanol–water partition coefficient (Wildman–Crippen LogP) is 2.99. The third-order valence-electron chi connectivity index (χ3n) is 4.03. The zero-order valence-electron chi connectivity index (χ0n) is 14.7. The Morgan fingerprint density at radius 2 is 1.82 bits per heavy atom. The van der Waals surface area contributed by atoms with E-state index in [2.05, 4.69) is 5.32 Å². The number of hydrogen-bond acceptors (Lipinski definition) is 6. The summed E-state index contributed by atoms with van der Waals surface area (Å²) in [7, 11) is 1.44. The van der Waals surface area contributed by atoms with Gasteiger partial charge in [0.05, 0.1) is 18.4 Å². The number of benzene rings is 2. The minimum absolute atomic E-state index is 0.0950. The van der Waals surface area contributed by atoms with Gasteiger partial charge in [-0.1, -0.05) is 12.1 Å². The van der Waals surface area contributed by atoms with Gasteiger partial charge in [0.1, 0.15) is 11.0 Å². The van der Waals surface area contributed by atoms with Crippen molar-refractivity contribution < 1.29 is 29.0 Å². The number of para-hydroxylation sites is 2. The summed E-state index contributed by atoms with van der Waals surface area (Å²) in [6.45, 7) is 0. The van der Waals surface area contributed by atoms with E-state index in [-0.39, 0.29) is 12.0 Å². The zero-order valence-corrected chi connectivity index (χ0v) is 15.6. The Morgan fingerprint density at radius 3 is 2.46 bits per heavy atom. The number of nitrogens with zero attached hydrogens (tertiary/aromatic N) is 1. The van der Waals surface area contributed by atoms with Gasteiger partial charge in [-0.2, -0.15) is 0 Å². The molecule has 1 heterocycles. The van der Waals surface area contributed by atoms with Crippen LogP contribution in [0.25, 0.3) is 0 Å². The van der Waals surface area contributed by atoms with Gasteiger partial charge in [-0.15, -0.1) is 0 Å². The van der Waals surface area contributed by atoms with E-state index in [0.717, 1.165) is 16.7 Å². The largest absolute Gasteiger partial charge is 0.495 e. The molecule has 1 aliphatic heterocycles. The maximum absolute atomic E-state index is 12.7. The lowest BCUT2D eigenvalue weighted by Gasteiger charge is -2.16. The summed E-state index contributed by atoms with van der Waals surface area (Å²) in [5, 5.41) is 10.2. The summed E-state index contributed by atoms with van der Waals surface area (Å²) in [5.74, 6) is -1.63. The van der Waals surface area contributed by atoms with Gasteiger partial charge in [0, 0.05) is 12.1 Å². The molecule has 1 atom stereocenters. The number of carbonyl (C=O) groups is 4. The summed E-state index contributed by atoms with van der Waals surface area (Å²) in [6.07, 6.45) is -0.193. The molecule has 0 aliphatic carbocycles. The second-order valence-corrected chi connectivity index (χ2v) is 7.01. The number of amides is 3. The second kappa shape index (κ2) is 8.13. The molecule has 1 aliphatic rings. The first kappa shape index (κ1) is 19.4. The van der Waals surface area contributed by atoms with Gasteiger partial charge in [0.15, 0.2) is 0 Å². The lowest BCUT2D eigenvalue weighted by Crippen LogP contribution is -2.33. The topological polar surface area (TPSA) is 113 Å². The SMILES string of the molecule is COc1ccccc1N1C(=O)SC(CC(=O)Nc2ccc(C(=O)O)cc2)C1=O. The van der Waals surface area contributed by atoms with Crippen LogP contribution in [0, 0.1) is 0 Å². The number of nitrogens with one attached hydrogen (secondary N) is 1. The zero-order chi connectivity index (χ0) is 20.3. The van der Waals surface area contributed by atoms with Crippen molar-refractivity contribution in [3.63, 3.8) is 0 Å². The first-order chi connectivity index (χ1) is 13.4. The van der Waals surface area contributed by atoms with Crippen molar-refractivity contribution in [2.24, 2.45) is 0 Å². The average molecular weight is 400 g/mol. The molecule has 28 heavy (non-hydrogen) atoms. The lowest BCUT2D eigenvalue weighted by molar-refractivity contribution is -0.121. The Morgan fingerprint density at radius 1 is 1.14 bits per heavy atom. The molecule has 2 N–H and O–H groups in total. The summed E-state index contributed by atoms with van der Waals surface area (Å²) in [6, 6.07) is 12.3. The molecular weight excluding hydrogens is 384 g/mol. The van der Waals surface area contributed by atoms with Crippen molar-refractivity contribution in [1.82, 2.24) is 0 Å². The number of thioether (sulfide) groups is 1. The van der Waals surface area contributed by atoms with Gasteiger partial charge in [-0.25, -0.2) is 9.69 Å². The fraction of sp³-hybridized carbons (Fsp3) is 0.158. The van der Waals surface area contributed by atoms with Crippen molar-refractivity contribution in [2.45, 2.75) is 11.7 Å². The lowest BCUT2D eigenvalue weighted by atomic mass is 10.2. The van der Waals surface area contributed by atoms with Crippen LogP contribution in [0.15, 0.2) is 48.5 Å². The number of aromatic carboxylic acids is 1. The van der Waals surface area contributed by atoms with E-state index >= 15 is 0 Å². The molecule has 3 rings (SSSR count). The summed E-state index contributed by atoms with van der Waals surface area (Å²) in [4.78, 5) is 49.1. The summed E-state index contributed by atoms with van der Waals surface area (Å²) >= 11 is 0.784. The molecule has 0 radical (unpaired) electrons. The average Bonchev–Trinajstić information content (AvgIpc) is 2.95. The van der Waals surface area contributed by atoms with E-state index in [1.807, 2.05) is 0 Å². The normalized spacial score (nSPS) is 16.2. The van der Waals surface area contributed by atoms with E-state index in [0.29, 0.717) is 17.1 Å². The van der Waals surface area contributed by atoms with Crippen molar-refractivity contribution in [1.29, 1.82) is 0 Å². The van der Waals surface area contributed by atoms with Gasteiger partial charge in [0.2, 0.25) is 11.8 Å². The van der Waals surface area contributed by atoms with Crippen LogP contribution in [-0.2, 0) is 9.59 Å². The molecule has 0 spiro atoms. The molecule has 3 amide bonds. The molecule has 0 aromatic heterocycles. The monoisotopic (exact) mass is 400 g/mol. The Labute approximate surface area is 164 Å². The van der Waals surface area contributed by atoms with Crippen LogP contribution >= 0.6 is 11.8 Å². The Kier molecular flexibility index (Phi) is 5.65. The number of imide groups is 1. The first-order valence-corrected chi connectivity index (χ1v) is 9.09. The standard InChI is InChI=1S/C19H16N2O6S/c1-27-14-5-3-2-4-13(14)21-17(23)15(28-19(21)26)10-16(22)20-12-8-6-11(7-9-12)18(24)25/h2-9,15H,10H2,1H3,(H,20,22)(H,24,25). The Bertz CT molecular complexity index is 944.